The highest BCUT2D eigenvalue weighted by atomic mass is 19.4. The number of hydrogen-bond acceptors (Lipinski definition) is 4. The number of carbonyl (C=O) groups is 1. The maximum atomic E-state index is 12.2. The molecule has 0 spiro atoms. The Morgan fingerprint density at radius 3 is 2.12 bits per heavy atom. The van der Waals surface area contributed by atoms with Gasteiger partial charge in [0.15, 0.2) is 0 Å². The van der Waals surface area contributed by atoms with E-state index in [4.69, 9.17) is 0 Å². The molecule has 134 valence electrons. The van der Waals surface area contributed by atoms with Crippen LogP contribution >= 0.6 is 0 Å². The number of rotatable bonds is 4. The molecule has 1 N–H and O–H groups in total. The van der Waals surface area contributed by atoms with Gasteiger partial charge in [0.05, 0.1) is 0 Å². The molecule has 1 aromatic carbocycles. The number of halogens is 3. The molecular formula is C16H21F3N2O3. The van der Waals surface area contributed by atoms with Gasteiger partial charge in [0.1, 0.15) is 11.9 Å². The first-order valence-corrected chi connectivity index (χ1v) is 7.74. The van der Waals surface area contributed by atoms with E-state index in [1.54, 1.807) is 17.0 Å². The van der Waals surface area contributed by atoms with E-state index in [2.05, 4.69) is 9.64 Å². The number of carbonyl (C=O) groups excluding carboxylic acids is 1. The van der Waals surface area contributed by atoms with Crippen molar-refractivity contribution in [2.24, 2.45) is 0 Å². The summed E-state index contributed by atoms with van der Waals surface area (Å²) in [6.45, 7) is 5.72. The second-order valence-electron chi connectivity index (χ2n) is 5.83. The van der Waals surface area contributed by atoms with Crippen LogP contribution in [-0.4, -0.2) is 59.5 Å². The Balaban J connectivity index is 1.93. The fourth-order valence-corrected chi connectivity index (χ4v) is 2.75. The van der Waals surface area contributed by atoms with Gasteiger partial charge in [-0.3, -0.25) is 9.69 Å². The van der Waals surface area contributed by atoms with Gasteiger partial charge in [-0.05, 0) is 31.5 Å². The molecule has 2 unspecified atom stereocenters. The zero-order valence-electron chi connectivity index (χ0n) is 13.6. The first-order chi connectivity index (χ1) is 11.2. The minimum atomic E-state index is -4.69. The summed E-state index contributed by atoms with van der Waals surface area (Å²) in [7, 11) is 0. The number of aliphatic hydroxyl groups excluding tert-OH is 1. The van der Waals surface area contributed by atoms with Gasteiger partial charge in [0.2, 0.25) is 0 Å². The van der Waals surface area contributed by atoms with Gasteiger partial charge >= 0.3 is 6.36 Å². The quantitative estimate of drug-likeness (QED) is 0.908. The molecule has 1 aliphatic rings. The fraction of sp³-hybridized carbons (Fsp3) is 0.562. The topological polar surface area (TPSA) is 53.0 Å². The number of amides is 1. The van der Waals surface area contributed by atoms with Crippen molar-refractivity contribution in [2.45, 2.75) is 32.4 Å². The average Bonchev–Trinajstić information content (AvgIpc) is 2.53. The van der Waals surface area contributed by atoms with Crippen molar-refractivity contribution in [1.82, 2.24) is 9.80 Å². The van der Waals surface area contributed by atoms with Crippen molar-refractivity contribution >= 4 is 5.91 Å². The number of ether oxygens (including phenoxy) is 1. The molecule has 0 aliphatic carbocycles. The minimum absolute atomic E-state index is 0.00809. The third-order valence-corrected chi connectivity index (χ3v) is 4.13. The van der Waals surface area contributed by atoms with Crippen LogP contribution in [0, 0.1) is 0 Å². The highest BCUT2D eigenvalue weighted by Crippen LogP contribution is 2.27. The molecule has 1 aromatic rings. The largest absolute Gasteiger partial charge is 0.573 e. The van der Waals surface area contributed by atoms with Gasteiger partial charge in [0.25, 0.3) is 5.91 Å². The zero-order valence-corrected chi connectivity index (χ0v) is 13.6. The molecule has 0 bridgehead atoms. The summed E-state index contributed by atoms with van der Waals surface area (Å²) in [5.74, 6) is -0.526. The Labute approximate surface area is 138 Å². The second kappa shape index (κ2) is 7.40. The highest BCUT2D eigenvalue weighted by Gasteiger charge is 2.31. The maximum Gasteiger partial charge on any atom is 0.573 e. The Morgan fingerprint density at radius 2 is 1.67 bits per heavy atom. The Bertz CT molecular complexity index is 553. The third-order valence-electron chi connectivity index (χ3n) is 4.13. The molecule has 0 radical (unpaired) electrons. The Morgan fingerprint density at radius 1 is 1.12 bits per heavy atom. The highest BCUT2D eigenvalue weighted by molar-refractivity contribution is 5.80. The molecule has 24 heavy (non-hydrogen) atoms. The molecule has 2 atom stereocenters. The lowest BCUT2D eigenvalue weighted by molar-refractivity contribution is -0.274. The molecule has 5 nitrogen and oxygen atoms in total. The number of aliphatic hydroxyl groups is 1. The Hall–Kier alpha value is -1.80. The molecule has 8 heteroatoms. The maximum absolute atomic E-state index is 12.2. The van der Waals surface area contributed by atoms with Gasteiger partial charge in [-0.2, -0.15) is 0 Å². The van der Waals surface area contributed by atoms with Crippen molar-refractivity contribution in [3.05, 3.63) is 29.8 Å². The minimum Gasteiger partial charge on any atom is -0.406 e. The van der Waals surface area contributed by atoms with Crippen LogP contribution in [0.3, 0.4) is 0 Å². The van der Waals surface area contributed by atoms with Gasteiger partial charge in [-0.15, -0.1) is 13.2 Å². The van der Waals surface area contributed by atoms with Crippen LogP contribution in [0.25, 0.3) is 0 Å². The summed E-state index contributed by atoms with van der Waals surface area (Å²) in [4.78, 5) is 15.5. The first kappa shape index (κ1) is 18.5. The predicted octanol–water partition coefficient (Wildman–Crippen LogP) is 2.17. The van der Waals surface area contributed by atoms with Crippen LogP contribution in [0.2, 0.25) is 0 Å². The summed E-state index contributed by atoms with van der Waals surface area (Å²) in [6, 6.07) is 5.82. The lowest BCUT2D eigenvalue weighted by Crippen LogP contribution is -2.51. The molecule has 0 saturated carbocycles. The molecular weight excluding hydrogens is 325 g/mol. The number of piperazine rings is 1. The molecule has 2 rings (SSSR count). The second-order valence-corrected chi connectivity index (χ2v) is 5.83. The van der Waals surface area contributed by atoms with Crippen LogP contribution in [0.4, 0.5) is 13.2 Å². The van der Waals surface area contributed by atoms with Crippen LogP contribution in [-0.2, 0) is 4.79 Å². The smallest absolute Gasteiger partial charge is 0.406 e. The lowest BCUT2D eigenvalue weighted by Gasteiger charge is -2.38. The number of alkyl halides is 3. The Kier molecular flexibility index (Phi) is 5.71. The lowest BCUT2D eigenvalue weighted by atomic mass is 10.1. The normalized spacial score (nSPS) is 19.0. The van der Waals surface area contributed by atoms with E-state index in [-0.39, 0.29) is 17.7 Å². The zero-order chi connectivity index (χ0) is 17.9. The molecule has 1 heterocycles. The van der Waals surface area contributed by atoms with E-state index < -0.39 is 12.5 Å². The predicted molar refractivity (Wildman–Crippen MR) is 81.4 cm³/mol. The molecule has 1 saturated heterocycles. The summed E-state index contributed by atoms with van der Waals surface area (Å²) in [5.41, 5.74) is 0.875. The average molecular weight is 346 g/mol. The van der Waals surface area contributed by atoms with Crippen molar-refractivity contribution in [2.75, 3.05) is 26.2 Å². The van der Waals surface area contributed by atoms with E-state index in [1.165, 1.54) is 19.1 Å². The third kappa shape index (κ3) is 4.85. The first-order valence-electron chi connectivity index (χ1n) is 7.74. The van der Waals surface area contributed by atoms with Gasteiger partial charge in [0, 0.05) is 32.2 Å². The van der Waals surface area contributed by atoms with Crippen LogP contribution < -0.4 is 4.74 Å². The van der Waals surface area contributed by atoms with Crippen LogP contribution in [0.1, 0.15) is 25.5 Å². The standard InChI is InChI=1S/C16H21F3N2O3/c1-11(13-3-5-14(6-4-13)24-16(17,18)19)20-7-9-21(10-8-20)15(23)12(2)22/h3-6,11-12,22H,7-10H2,1-2H3. The van der Waals surface area contributed by atoms with Crippen molar-refractivity contribution < 1.29 is 27.8 Å². The van der Waals surface area contributed by atoms with Crippen molar-refractivity contribution in [3.63, 3.8) is 0 Å². The SMILES string of the molecule is CC(O)C(=O)N1CCN(C(C)c2ccc(OC(F)(F)F)cc2)CC1. The fourth-order valence-electron chi connectivity index (χ4n) is 2.75. The van der Waals surface area contributed by atoms with E-state index in [0.717, 1.165) is 5.56 Å². The molecule has 0 aromatic heterocycles. The van der Waals surface area contributed by atoms with E-state index >= 15 is 0 Å². The van der Waals surface area contributed by atoms with E-state index in [0.29, 0.717) is 26.2 Å². The van der Waals surface area contributed by atoms with Gasteiger partial charge < -0.3 is 14.7 Å². The molecule has 1 fully saturated rings. The van der Waals surface area contributed by atoms with Crippen molar-refractivity contribution in [1.29, 1.82) is 0 Å². The molecule has 1 aliphatic heterocycles. The van der Waals surface area contributed by atoms with Gasteiger partial charge in [-0.25, -0.2) is 0 Å². The van der Waals surface area contributed by atoms with Crippen LogP contribution in [0.15, 0.2) is 24.3 Å². The van der Waals surface area contributed by atoms with Crippen LogP contribution in [0.5, 0.6) is 5.75 Å². The monoisotopic (exact) mass is 346 g/mol. The number of benzene rings is 1. The van der Waals surface area contributed by atoms with Crippen molar-refractivity contribution in [3.8, 4) is 5.75 Å². The summed E-state index contributed by atoms with van der Waals surface area (Å²) >= 11 is 0. The van der Waals surface area contributed by atoms with E-state index in [9.17, 15) is 23.1 Å². The summed E-state index contributed by atoms with van der Waals surface area (Å²) in [5, 5.41) is 9.34. The van der Waals surface area contributed by atoms with E-state index in [1.807, 2.05) is 6.92 Å². The van der Waals surface area contributed by atoms with Gasteiger partial charge in [-0.1, -0.05) is 12.1 Å². The molecule has 1 amide bonds. The number of hydrogen-bond donors (Lipinski definition) is 1. The summed E-state index contributed by atoms with van der Waals surface area (Å²) in [6.07, 6.45) is -5.70. The number of nitrogens with zero attached hydrogens (tertiary/aromatic N) is 2. The summed E-state index contributed by atoms with van der Waals surface area (Å²) < 4.78 is 40.4.